The van der Waals surface area contributed by atoms with Crippen LogP contribution in [0.2, 0.25) is 0 Å². The van der Waals surface area contributed by atoms with Gasteiger partial charge in [0.1, 0.15) is 12.7 Å². The zero-order valence-electron chi connectivity index (χ0n) is 16.2. The van der Waals surface area contributed by atoms with E-state index in [9.17, 15) is 9.90 Å². The Kier molecular flexibility index (Phi) is 6.01. The number of aliphatic hydroxyl groups is 1. The lowest BCUT2D eigenvalue weighted by Crippen LogP contribution is -2.38. The Morgan fingerprint density at radius 2 is 2.04 bits per heavy atom. The number of ether oxygens (including phenoxy) is 2. The topological polar surface area (TPSA) is 59.0 Å². The fourth-order valence-electron chi connectivity index (χ4n) is 3.49. The van der Waals surface area contributed by atoms with Gasteiger partial charge in [0.05, 0.1) is 7.11 Å². The van der Waals surface area contributed by atoms with Gasteiger partial charge in [-0.25, -0.2) is 0 Å². The standard InChI is InChI=1S/C22H27NO4/c1-15-6-8-20-18(11-15)5-4-10-23(20)13-19(25)14-27-21-9-7-17(16(2)24)12-22(21)26-3/h6-9,11-12,19,25H,4-5,10,13-14H2,1-3H3/t19-/m0/s1. The second-order valence-corrected chi connectivity index (χ2v) is 7.07. The van der Waals surface area contributed by atoms with E-state index in [0.717, 1.165) is 19.4 Å². The molecule has 1 aliphatic rings. The molecule has 1 aliphatic heterocycles. The molecule has 0 unspecified atom stereocenters. The molecule has 0 saturated carbocycles. The maximum atomic E-state index is 11.5. The lowest BCUT2D eigenvalue weighted by atomic mass is 9.99. The molecule has 2 aromatic rings. The highest BCUT2D eigenvalue weighted by Crippen LogP contribution is 2.30. The van der Waals surface area contributed by atoms with Crippen LogP contribution in [0.3, 0.4) is 0 Å². The number of β-amino-alcohol motifs (C(OH)–C–C–N with tert-alkyl or cyclic N) is 1. The molecule has 0 aliphatic carbocycles. The number of anilines is 1. The molecule has 5 heteroatoms. The van der Waals surface area contributed by atoms with Gasteiger partial charge in [0.25, 0.3) is 0 Å². The number of carbonyl (C=O) groups excluding carboxylic acids is 1. The number of hydrogen-bond donors (Lipinski definition) is 1. The summed E-state index contributed by atoms with van der Waals surface area (Å²) >= 11 is 0. The Morgan fingerprint density at radius 3 is 2.78 bits per heavy atom. The first-order chi connectivity index (χ1) is 13.0. The van der Waals surface area contributed by atoms with Gasteiger partial charge in [0.2, 0.25) is 0 Å². The minimum Gasteiger partial charge on any atom is -0.493 e. The van der Waals surface area contributed by atoms with Crippen LogP contribution in [0.1, 0.15) is 34.8 Å². The number of nitrogens with zero attached hydrogens (tertiary/aromatic N) is 1. The zero-order valence-corrected chi connectivity index (χ0v) is 16.2. The summed E-state index contributed by atoms with van der Waals surface area (Å²) in [5.41, 5.74) is 4.38. The average molecular weight is 369 g/mol. The maximum absolute atomic E-state index is 11.5. The van der Waals surface area contributed by atoms with Gasteiger partial charge >= 0.3 is 0 Å². The van der Waals surface area contributed by atoms with Crippen molar-refractivity contribution < 1.29 is 19.4 Å². The Hall–Kier alpha value is -2.53. The van der Waals surface area contributed by atoms with Crippen LogP contribution >= 0.6 is 0 Å². The molecule has 1 heterocycles. The molecule has 0 bridgehead atoms. The predicted octanol–water partition coefficient (Wildman–Crippen LogP) is 3.40. The van der Waals surface area contributed by atoms with Crippen LogP contribution in [0.5, 0.6) is 11.5 Å². The summed E-state index contributed by atoms with van der Waals surface area (Å²) in [4.78, 5) is 13.7. The lowest BCUT2D eigenvalue weighted by molar-refractivity contribution is 0.101. The van der Waals surface area contributed by atoms with Crippen LogP contribution in [0.4, 0.5) is 5.69 Å². The van der Waals surface area contributed by atoms with Gasteiger partial charge in [-0.2, -0.15) is 0 Å². The van der Waals surface area contributed by atoms with Crippen LogP contribution in [0, 0.1) is 6.92 Å². The van der Waals surface area contributed by atoms with Crippen molar-refractivity contribution in [3.63, 3.8) is 0 Å². The van der Waals surface area contributed by atoms with Crippen LogP contribution in [-0.4, -0.2) is 43.8 Å². The molecule has 5 nitrogen and oxygen atoms in total. The zero-order chi connectivity index (χ0) is 19.4. The van der Waals surface area contributed by atoms with Gasteiger partial charge in [-0.05, 0) is 56.5 Å². The number of hydrogen-bond acceptors (Lipinski definition) is 5. The third-order valence-corrected chi connectivity index (χ3v) is 4.88. The van der Waals surface area contributed by atoms with Crippen molar-refractivity contribution >= 4 is 11.5 Å². The van der Waals surface area contributed by atoms with Crippen molar-refractivity contribution in [3.05, 3.63) is 53.1 Å². The Bertz CT molecular complexity index is 818. The van der Waals surface area contributed by atoms with E-state index in [-0.39, 0.29) is 12.4 Å². The largest absolute Gasteiger partial charge is 0.493 e. The summed E-state index contributed by atoms with van der Waals surface area (Å²) in [5, 5.41) is 10.5. The van der Waals surface area contributed by atoms with E-state index in [1.807, 2.05) is 0 Å². The first kappa shape index (κ1) is 19.2. The van der Waals surface area contributed by atoms with Crippen molar-refractivity contribution in [3.8, 4) is 11.5 Å². The number of aryl methyl sites for hydroxylation is 2. The molecule has 2 aromatic carbocycles. The van der Waals surface area contributed by atoms with Crippen molar-refractivity contribution in [1.82, 2.24) is 0 Å². The van der Waals surface area contributed by atoms with Crippen LogP contribution < -0.4 is 14.4 Å². The number of rotatable bonds is 7. The van der Waals surface area contributed by atoms with Crippen LogP contribution in [0.25, 0.3) is 0 Å². The number of benzene rings is 2. The normalized spacial score (nSPS) is 14.4. The lowest BCUT2D eigenvalue weighted by Gasteiger charge is -2.33. The summed E-state index contributed by atoms with van der Waals surface area (Å²) in [6.07, 6.45) is 1.54. The third-order valence-electron chi connectivity index (χ3n) is 4.88. The van der Waals surface area contributed by atoms with Crippen LogP contribution in [0.15, 0.2) is 36.4 Å². The van der Waals surface area contributed by atoms with E-state index in [4.69, 9.17) is 9.47 Å². The highest BCUT2D eigenvalue weighted by Gasteiger charge is 2.20. The number of aliphatic hydroxyl groups excluding tert-OH is 1. The minimum atomic E-state index is -0.630. The summed E-state index contributed by atoms with van der Waals surface area (Å²) in [7, 11) is 1.54. The Labute approximate surface area is 160 Å². The Balaban J connectivity index is 1.63. The highest BCUT2D eigenvalue weighted by atomic mass is 16.5. The van der Waals surface area contributed by atoms with Gasteiger partial charge in [0, 0.05) is 24.3 Å². The smallest absolute Gasteiger partial charge is 0.161 e. The second kappa shape index (κ2) is 8.44. The maximum Gasteiger partial charge on any atom is 0.161 e. The number of fused-ring (bicyclic) bond motifs is 1. The van der Waals surface area contributed by atoms with Crippen molar-refractivity contribution in [2.45, 2.75) is 32.8 Å². The summed E-state index contributed by atoms with van der Waals surface area (Å²) in [6.45, 7) is 5.23. The summed E-state index contributed by atoms with van der Waals surface area (Å²) < 4.78 is 11.1. The van der Waals surface area contributed by atoms with Crippen molar-refractivity contribution in [2.24, 2.45) is 0 Å². The molecule has 0 radical (unpaired) electrons. The van der Waals surface area contributed by atoms with E-state index in [2.05, 4.69) is 30.0 Å². The molecule has 0 fully saturated rings. The summed E-state index contributed by atoms with van der Waals surface area (Å²) in [5.74, 6) is 0.990. The first-order valence-electron chi connectivity index (χ1n) is 9.32. The van der Waals surface area contributed by atoms with E-state index in [0.29, 0.717) is 23.6 Å². The fourth-order valence-corrected chi connectivity index (χ4v) is 3.49. The quantitative estimate of drug-likeness (QED) is 0.758. The number of methoxy groups -OCH3 is 1. The molecule has 3 rings (SSSR count). The van der Waals surface area contributed by atoms with E-state index in [1.54, 1.807) is 18.2 Å². The molecule has 1 atom stereocenters. The second-order valence-electron chi connectivity index (χ2n) is 7.07. The Morgan fingerprint density at radius 1 is 1.22 bits per heavy atom. The molecular weight excluding hydrogens is 342 g/mol. The van der Waals surface area contributed by atoms with Gasteiger partial charge in [-0.15, -0.1) is 0 Å². The van der Waals surface area contributed by atoms with Gasteiger partial charge in [-0.3, -0.25) is 4.79 Å². The van der Waals surface area contributed by atoms with Gasteiger partial charge in [0.15, 0.2) is 17.3 Å². The molecule has 27 heavy (non-hydrogen) atoms. The van der Waals surface area contributed by atoms with Crippen molar-refractivity contribution in [2.75, 3.05) is 31.7 Å². The van der Waals surface area contributed by atoms with Crippen LogP contribution in [-0.2, 0) is 6.42 Å². The molecule has 0 saturated heterocycles. The van der Waals surface area contributed by atoms with Gasteiger partial charge < -0.3 is 19.5 Å². The van der Waals surface area contributed by atoms with E-state index < -0.39 is 6.10 Å². The average Bonchev–Trinajstić information content (AvgIpc) is 2.66. The van der Waals surface area contributed by atoms with Crippen molar-refractivity contribution in [1.29, 1.82) is 0 Å². The molecule has 1 N–H and O–H groups in total. The number of Topliss-reactive ketones (excluding diaryl/α,β-unsaturated/α-hetero) is 1. The third kappa shape index (κ3) is 4.61. The molecular formula is C22H27NO4. The highest BCUT2D eigenvalue weighted by molar-refractivity contribution is 5.94. The monoisotopic (exact) mass is 369 g/mol. The summed E-state index contributed by atoms with van der Waals surface area (Å²) in [6, 6.07) is 11.6. The fraction of sp³-hybridized carbons (Fsp3) is 0.409. The van der Waals surface area contributed by atoms with E-state index >= 15 is 0 Å². The first-order valence-corrected chi connectivity index (χ1v) is 9.32. The number of carbonyl (C=O) groups is 1. The molecule has 0 spiro atoms. The van der Waals surface area contributed by atoms with Gasteiger partial charge in [-0.1, -0.05) is 17.7 Å². The SMILES string of the molecule is COc1cc(C(C)=O)ccc1OC[C@@H](O)CN1CCCc2cc(C)ccc21. The molecule has 0 aromatic heterocycles. The molecule has 144 valence electrons. The number of ketones is 1. The molecule has 0 amide bonds. The predicted molar refractivity (Wildman–Crippen MR) is 106 cm³/mol. The van der Waals surface area contributed by atoms with E-state index in [1.165, 1.54) is 30.8 Å². The minimum absolute atomic E-state index is 0.0288.